The molecule has 1 aromatic rings. The number of nitrogens with zero attached hydrogens (tertiary/aromatic N) is 3. The molecule has 9 heteroatoms. The molecule has 2 fully saturated rings. The second kappa shape index (κ2) is 6.85. The van der Waals surface area contributed by atoms with E-state index in [1.807, 2.05) is 0 Å². The fourth-order valence-electron chi connectivity index (χ4n) is 3.66. The number of amides is 1. The molecule has 0 aromatic carbocycles. The quantitative estimate of drug-likeness (QED) is 0.731. The molecule has 0 N–H and O–H groups in total. The molecule has 25 heavy (non-hydrogen) atoms. The molecule has 0 radical (unpaired) electrons. The van der Waals surface area contributed by atoms with Gasteiger partial charge in [-0.25, -0.2) is 13.4 Å². The molecule has 1 aromatic heterocycles. The second-order valence-corrected chi connectivity index (χ2v) is 10.2. The van der Waals surface area contributed by atoms with Gasteiger partial charge in [0, 0.05) is 43.4 Å². The third kappa shape index (κ3) is 3.68. The van der Waals surface area contributed by atoms with Crippen LogP contribution in [0.15, 0.2) is 0 Å². The van der Waals surface area contributed by atoms with Crippen molar-refractivity contribution in [3.05, 3.63) is 10.6 Å². The summed E-state index contributed by atoms with van der Waals surface area (Å²) in [7, 11) is -2.96. The van der Waals surface area contributed by atoms with E-state index >= 15 is 0 Å². The maximum atomic E-state index is 12.8. The van der Waals surface area contributed by atoms with E-state index in [0.29, 0.717) is 19.5 Å². The highest BCUT2D eigenvalue weighted by Gasteiger charge is 2.33. The third-order valence-electron chi connectivity index (χ3n) is 5.21. The van der Waals surface area contributed by atoms with Crippen LogP contribution >= 0.6 is 11.3 Å². The average Bonchev–Trinajstić information content (AvgIpc) is 3.05. The summed E-state index contributed by atoms with van der Waals surface area (Å²) in [5, 5.41) is 1.05. The lowest BCUT2D eigenvalue weighted by Gasteiger charge is -2.31. The van der Waals surface area contributed by atoms with Crippen LogP contribution in [0.25, 0.3) is 0 Å². The molecule has 0 spiro atoms. The number of carbonyl (C=O) groups excluding carboxylic acids is 1. The number of ether oxygens (including phenoxy) is 1. The molecule has 3 aliphatic rings. The zero-order chi connectivity index (χ0) is 17.4. The number of aryl methyl sites for hydroxylation is 1. The minimum atomic E-state index is -2.96. The highest BCUT2D eigenvalue weighted by molar-refractivity contribution is 7.91. The third-order valence-corrected chi connectivity index (χ3v) is 8.04. The number of sulfone groups is 1. The lowest BCUT2D eigenvalue weighted by molar-refractivity contribution is -0.135. The van der Waals surface area contributed by atoms with Gasteiger partial charge in [-0.05, 0) is 12.8 Å². The number of hydrogen-bond acceptors (Lipinski definition) is 7. The summed E-state index contributed by atoms with van der Waals surface area (Å²) < 4.78 is 28.5. The Morgan fingerprint density at radius 2 is 1.88 bits per heavy atom. The molecule has 0 saturated carbocycles. The van der Waals surface area contributed by atoms with Crippen molar-refractivity contribution in [1.29, 1.82) is 0 Å². The number of thiazole rings is 1. The van der Waals surface area contributed by atoms with Crippen LogP contribution in [0.2, 0.25) is 0 Å². The van der Waals surface area contributed by atoms with E-state index in [9.17, 15) is 13.2 Å². The van der Waals surface area contributed by atoms with E-state index in [2.05, 4.69) is 4.90 Å². The van der Waals surface area contributed by atoms with Crippen molar-refractivity contribution >= 4 is 32.2 Å². The Kier molecular flexibility index (Phi) is 4.72. The zero-order valence-electron chi connectivity index (χ0n) is 14.1. The van der Waals surface area contributed by atoms with Gasteiger partial charge < -0.3 is 14.5 Å². The highest BCUT2D eigenvalue weighted by atomic mass is 32.2. The van der Waals surface area contributed by atoms with Gasteiger partial charge in [0.2, 0.25) is 5.91 Å². The normalized spacial score (nSPS) is 26.3. The summed E-state index contributed by atoms with van der Waals surface area (Å²) in [6, 6.07) is 0. The Bertz CT molecular complexity index is 741. The van der Waals surface area contributed by atoms with Gasteiger partial charge in [0.25, 0.3) is 0 Å². The van der Waals surface area contributed by atoms with Gasteiger partial charge in [0.15, 0.2) is 15.0 Å². The fourth-order valence-corrected chi connectivity index (χ4v) is 6.01. The monoisotopic (exact) mass is 385 g/mol. The summed E-state index contributed by atoms with van der Waals surface area (Å²) in [4.78, 5) is 22.8. The predicted molar refractivity (Wildman–Crippen MR) is 95.9 cm³/mol. The maximum absolute atomic E-state index is 12.8. The first-order valence-corrected chi connectivity index (χ1v) is 11.5. The molecule has 3 heterocycles. The van der Waals surface area contributed by atoms with Crippen molar-refractivity contribution in [3.8, 4) is 0 Å². The Hall–Kier alpha value is -1.19. The smallest absolute Gasteiger partial charge is 0.226 e. The van der Waals surface area contributed by atoms with Gasteiger partial charge >= 0.3 is 0 Å². The molecule has 7 nitrogen and oxygen atoms in total. The second-order valence-electron chi connectivity index (χ2n) is 6.88. The summed E-state index contributed by atoms with van der Waals surface area (Å²) >= 11 is 1.75. The van der Waals surface area contributed by atoms with Crippen molar-refractivity contribution in [1.82, 2.24) is 9.88 Å². The first-order chi connectivity index (χ1) is 12.0. The van der Waals surface area contributed by atoms with E-state index in [4.69, 9.17) is 9.72 Å². The van der Waals surface area contributed by atoms with Crippen LogP contribution in [0, 0.1) is 5.92 Å². The van der Waals surface area contributed by atoms with E-state index in [-0.39, 0.29) is 23.3 Å². The summed E-state index contributed by atoms with van der Waals surface area (Å²) in [6.07, 6.45) is 2.40. The van der Waals surface area contributed by atoms with Gasteiger partial charge in [-0.1, -0.05) is 0 Å². The number of anilines is 1. The van der Waals surface area contributed by atoms with Crippen LogP contribution in [0.4, 0.5) is 5.13 Å². The highest BCUT2D eigenvalue weighted by Crippen LogP contribution is 2.35. The van der Waals surface area contributed by atoms with Crippen molar-refractivity contribution in [2.75, 3.05) is 55.8 Å². The van der Waals surface area contributed by atoms with Gasteiger partial charge in [-0.2, -0.15) is 0 Å². The first kappa shape index (κ1) is 17.2. The van der Waals surface area contributed by atoms with Gasteiger partial charge in [-0.15, -0.1) is 11.3 Å². The number of fused-ring (bicyclic) bond motifs is 1. The van der Waals surface area contributed by atoms with E-state index in [0.717, 1.165) is 50.0 Å². The molecule has 138 valence electrons. The van der Waals surface area contributed by atoms with Crippen LogP contribution in [0.1, 0.15) is 17.0 Å². The fraction of sp³-hybridized carbons (Fsp3) is 0.750. The van der Waals surface area contributed by atoms with Crippen molar-refractivity contribution < 1.29 is 17.9 Å². The average molecular weight is 386 g/mol. The maximum Gasteiger partial charge on any atom is 0.226 e. The van der Waals surface area contributed by atoms with E-state index in [1.54, 1.807) is 16.2 Å². The Morgan fingerprint density at radius 3 is 2.60 bits per heavy atom. The number of rotatable bonds is 2. The zero-order valence-corrected chi connectivity index (χ0v) is 15.8. The van der Waals surface area contributed by atoms with Crippen LogP contribution in [-0.2, 0) is 32.2 Å². The molecule has 1 unspecified atom stereocenters. The predicted octanol–water partition coefficient (Wildman–Crippen LogP) is 0.342. The molecule has 2 aliphatic heterocycles. The molecule has 1 amide bonds. The Labute approximate surface area is 151 Å². The molecule has 1 aliphatic carbocycles. The standard InChI is InChI=1S/C16H23N3O4S2/c20-15(18-5-9-25(21,22)10-6-18)12-1-2-14-13(11-12)17-16(24-14)19-3-7-23-8-4-19/h12H,1-11H2. The van der Waals surface area contributed by atoms with Crippen LogP contribution in [0.3, 0.4) is 0 Å². The molecular weight excluding hydrogens is 362 g/mol. The van der Waals surface area contributed by atoms with Crippen LogP contribution < -0.4 is 4.90 Å². The largest absolute Gasteiger partial charge is 0.378 e. The number of morpholine rings is 1. The minimum absolute atomic E-state index is 0.0621. The SMILES string of the molecule is O=C(C1CCc2sc(N3CCOCC3)nc2C1)N1CCS(=O)(=O)CC1. The molecule has 0 bridgehead atoms. The van der Waals surface area contributed by atoms with Crippen LogP contribution in [-0.4, -0.2) is 75.1 Å². The number of aromatic nitrogens is 1. The van der Waals surface area contributed by atoms with Crippen molar-refractivity contribution in [3.63, 3.8) is 0 Å². The summed E-state index contributed by atoms with van der Waals surface area (Å²) in [5.41, 5.74) is 1.06. The molecular formula is C16H23N3O4S2. The summed E-state index contributed by atoms with van der Waals surface area (Å²) in [5.74, 6) is 0.220. The van der Waals surface area contributed by atoms with Gasteiger partial charge in [0.05, 0.1) is 30.4 Å². The van der Waals surface area contributed by atoms with Crippen molar-refractivity contribution in [2.45, 2.75) is 19.3 Å². The van der Waals surface area contributed by atoms with Crippen LogP contribution in [0.5, 0.6) is 0 Å². The summed E-state index contributed by atoms with van der Waals surface area (Å²) in [6.45, 7) is 3.89. The van der Waals surface area contributed by atoms with E-state index < -0.39 is 9.84 Å². The molecule has 2 saturated heterocycles. The first-order valence-electron chi connectivity index (χ1n) is 8.82. The minimum Gasteiger partial charge on any atom is -0.378 e. The lowest BCUT2D eigenvalue weighted by atomic mass is 9.89. The number of hydrogen-bond donors (Lipinski definition) is 0. The van der Waals surface area contributed by atoms with Crippen molar-refractivity contribution in [2.24, 2.45) is 5.92 Å². The van der Waals surface area contributed by atoms with E-state index in [1.165, 1.54) is 4.88 Å². The molecule has 1 atom stereocenters. The lowest BCUT2D eigenvalue weighted by Crippen LogP contribution is -2.47. The Balaban J connectivity index is 1.42. The van der Waals surface area contributed by atoms with Gasteiger partial charge in [-0.3, -0.25) is 4.79 Å². The number of carbonyl (C=O) groups is 1. The molecule has 4 rings (SSSR count). The topological polar surface area (TPSA) is 79.8 Å². The van der Waals surface area contributed by atoms with Gasteiger partial charge in [0.1, 0.15) is 0 Å². The Morgan fingerprint density at radius 1 is 1.16 bits per heavy atom.